The first-order valence-corrected chi connectivity index (χ1v) is 8.85. The number of fused-ring (bicyclic) bond motifs is 1. The van der Waals surface area contributed by atoms with Crippen molar-refractivity contribution in [3.05, 3.63) is 83.2 Å². The first-order chi connectivity index (χ1) is 13.9. The summed E-state index contributed by atoms with van der Waals surface area (Å²) in [5, 5.41) is 8.95. The van der Waals surface area contributed by atoms with Crippen LogP contribution >= 0.6 is 0 Å². The first-order valence-electron chi connectivity index (χ1n) is 8.85. The smallest absolute Gasteiger partial charge is 0.306 e. The number of carbonyl (C=O) groups excluding carboxylic acids is 1. The Balaban J connectivity index is 1.74. The lowest BCUT2D eigenvalue weighted by molar-refractivity contribution is -0.137. The van der Waals surface area contributed by atoms with E-state index in [-0.39, 0.29) is 12.1 Å². The number of amides is 1. The average Bonchev–Trinajstić information content (AvgIpc) is 3.17. The van der Waals surface area contributed by atoms with E-state index in [1.54, 1.807) is 30.5 Å². The van der Waals surface area contributed by atoms with Crippen LogP contribution in [0.5, 0.6) is 0 Å². The fraction of sp³-hybridized carbons (Fsp3) is 0.136. The van der Waals surface area contributed by atoms with Gasteiger partial charge in [-0.3, -0.25) is 9.78 Å². The molecule has 3 aromatic rings. The fourth-order valence-electron chi connectivity index (χ4n) is 3.56. The molecule has 0 unspecified atom stereocenters. The van der Waals surface area contributed by atoms with Crippen molar-refractivity contribution in [2.45, 2.75) is 12.6 Å². The number of benzene rings is 2. The van der Waals surface area contributed by atoms with E-state index in [4.69, 9.17) is 5.26 Å². The molecule has 0 atom stereocenters. The summed E-state index contributed by atoms with van der Waals surface area (Å²) in [5.74, 6) is -0.699. The summed E-state index contributed by atoms with van der Waals surface area (Å²) in [6.07, 6.45) is -0.939. The molecule has 7 heteroatoms. The van der Waals surface area contributed by atoms with Gasteiger partial charge in [0.05, 0.1) is 34.6 Å². The number of aromatic nitrogens is 1. The number of alkyl halides is 3. The normalized spacial score (nSPS) is 13.1. The van der Waals surface area contributed by atoms with Crippen LogP contribution in [-0.4, -0.2) is 17.4 Å². The molecule has 0 saturated heterocycles. The minimum absolute atomic E-state index is 0.273. The summed E-state index contributed by atoms with van der Waals surface area (Å²) in [7, 11) is 0. The van der Waals surface area contributed by atoms with Crippen LogP contribution in [-0.2, 0) is 12.6 Å². The molecule has 0 saturated carbocycles. The lowest BCUT2D eigenvalue weighted by Gasteiger charge is -2.20. The van der Waals surface area contributed by atoms with Gasteiger partial charge in [-0.05, 0) is 41.8 Å². The Kier molecular flexibility index (Phi) is 4.55. The van der Waals surface area contributed by atoms with Crippen molar-refractivity contribution in [2.24, 2.45) is 0 Å². The Morgan fingerprint density at radius 3 is 2.48 bits per heavy atom. The highest BCUT2D eigenvalue weighted by Crippen LogP contribution is 2.38. The molecule has 2 heterocycles. The van der Waals surface area contributed by atoms with Crippen LogP contribution in [0.15, 0.2) is 60.9 Å². The van der Waals surface area contributed by atoms with E-state index in [2.05, 4.69) is 11.1 Å². The minimum Gasteiger partial charge on any atom is -0.306 e. The SMILES string of the molecule is N#Cc1ccc(-c2cncc3c2CCN3C(=O)c2ccccc2C(F)(F)F)cc1. The van der Waals surface area contributed by atoms with Gasteiger partial charge in [-0.25, -0.2) is 0 Å². The average molecular weight is 393 g/mol. The minimum atomic E-state index is -4.61. The summed E-state index contributed by atoms with van der Waals surface area (Å²) >= 11 is 0. The number of pyridine rings is 1. The van der Waals surface area contributed by atoms with E-state index in [9.17, 15) is 18.0 Å². The number of carbonyl (C=O) groups is 1. The van der Waals surface area contributed by atoms with E-state index in [0.717, 1.165) is 22.8 Å². The van der Waals surface area contributed by atoms with Crippen molar-refractivity contribution in [3.8, 4) is 17.2 Å². The lowest BCUT2D eigenvalue weighted by atomic mass is 9.99. The number of nitrogens with zero attached hydrogens (tertiary/aromatic N) is 3. The standard InChI is InChI=1S/C22H14F3N3O/c23-22(24,25)19-4-2-1-3-17(19)21(29)28-10-9-16-18(12-27-13-20(16)28)15-7-5-14(11-26)6-8-15/h1-8,12-13H,9-10H2. The van der Waals surface area contributed by atoms with Crippen LogP contribution in [0, 0.1) is 11.3 Å². The Morgan fingerprint density at radius 1 is 1.07 bits per heavy atom. The topological polar surface area (TPSA) is 57.0 Å². The lowest BCUT2D eigenvalue weighted by Crippen LogP contribution is -2.30. The van der Waals surface area contributed by atoms with E-state index in [1.807, 2.05) is 0 Å². The Labute approximate surface area is 164 Å². The van der Waals surface area contributed by atoms with Crippen molar-refractivity contribution in [3.63, 3.8) is 0 Å². The molecular weight excluding hydrogens is 379 g/mol. The van der Waals surface area contributed by atoms with Crippen LogP contribution < -0.4 is 4.90 Å². The molecule has 1 aliphatic heterocycles. The zero-order valence-corrected chi connectivity index (χ0v) is 15.1. The van der Waals surface area contributed by atoms with E-state index >= 15 is 0 Å². The third kappa shape index (κ3) is 3.34. The molecular formula is C22H14F3N3O. The van der Waals surface area contributed by atoms with Gasteiger partial charge < -0.3 is 4.90 Å². The Morgan fingerprint density at radius 2 is 1.79 bits per heavy atom. The summed E-state index contributed by atoms with van der Waals surface area (Å²) in [6, 6.07) is 13.8. The number of nitriles is 1. The van der Waals surface area contributed by atoms with Gasteiger partial charge in [-0.2, -0.15) is 18.4 Å². The van der Waals surface area contributed by atoms with Crippen LogP contribution in [0.4, 0.5) is 18.9 Å². The van der Waals surface area contributed by atoms with Gasteiger partial charge in [0.15, 0.2) is 0 Å². The second-order valence-electron chi connectivity index (χ2n) is 6.62. The maximum Gasteiger partial charge on any atom is 0.417 e. The zero-order valence-electron chi connectivity index (χ0n) is 15.1. The monoisotopic (exact) mass is 393 g/mol. The molecule has 4 nitrogen and oxygen atoms in total. The molecule has 1 aliphatic rings. The van der Waals surface area contributed by atoms with Crippen molar-refractivity contribution in [2.75, 3.05) is 11.4 Å². The van der Waals surface area contributed by atoms with E-state index in [1.165, 1.54) is 29.3 Å². The molecule has 0 aliphatic carbocycles. The maximum absolute atomic E-state index is 13.3. The Hall–Kier alpha value is -3.66. The van der Waals surface area contributed by atoms with Gasteiger partial charge in [0.1, 0.15) is 0 Å². The van der Waals surface area contributed by atoms with Crippen LogP contribution in [0.3, 0.4) is 0 Å². The van der Waals surface area contributed by atoms with Crippen LogP contribution in [0.2, 0.25) is 0 Å². The van der Waals surface area contributed by atoms with Crippen molar-refractivity contribution in [1.29, 1.82) is 5.26 Å². The first kappa shape index (κ1) is 18.7. The third-order valence-corrected chi connectivity index (χ3v) is 4.94. The Bertz CT molecular complexity index is 1130. The molecule has 144 valence electrons. The predicted molar refractivity (Wildman–Crippen MR) is 101 cm³/mol. The van der Waals surface area contributed by atoms with Gasteiger partial charge in [0, 0.05) is 18.3 Å². The van der Waals surface area contributed by atoms with Crippen LogP contribution in [0.1, 0.15) is 27.0 Å². The molecule has 1 amide bonds. The summed E-state index contributed by atoms with van der Waals surface area (Å²) < 4.78 is 40.0. The predicted octanol–water partition coefficient (Wildman–Crippen LogP) is 4.84. The van der Waals surface area contributed by atoms with Gasteiger partial charge in [-0.1, -0.05) is 24.3 Å². The highest BCUT2D eigenvalue weighted by Gasteiger charge is 2.37. The molecule has 4 rings (SSSR count). The summed E-state index contributed by atoms with van der Waals surface area (Å²) in [6.45, 7) is 0.273. The fourth-order valence-corrected chi connectivity index (χ4v) is 3.56. The van der Waals surface area contributed by atoms with Crippen molar-refractivity contribution in [1.82, 2.24) is 4.98 Å². The third-order valence-electron chi connectivity index (χ3n) is 4.94. The molecule has 0 bridgehead atoms. The highest BCUT2D eigenvalue weighted by molar-refractivity contribution is 6.08. The molecule has 0 spiro atoms. The second kappa shape index (κ2) is 7.06. The number of hydrogen-bond acceptors (Lipinski definition) is 3. The van der Waals surface area contributed by atoms with Crippen molar-refractivity contribution < 1.29 is 18.0 Å². The summed E-state index contributed by atoms with van der Waals surface area (Å²) in [4.78, 5) is 18.5. The molecule has 1 aromatic heterocycles. The largest absolute Gasteiger partial charge is 0.417 e. The second-order valence-corrected chi connectivity index (χ2v) is 6.62. The molecule has 2 aromatic carbocycles. The number of hydrogen-bond donors (Lipinski definition) is 0. The summed E-state index contributed by atoms with van der Waals surface area (Å²) in [5.41, 5.74) is 2.18. The van der Waals surface area contributed by atoms with Gasteiger partial charge >= 0.3 is 6.18 Å². The number of rotatable bonds is 2. The number of anilines is 1. The van der Waals surface area contributed by atoms with Gasteiger partial charge in [-0.15, -0.1) is 0 Å². The molecule has 0 radical (unpaired) electrons. The molecule has 0 N–H and O–H groups in total. The molecule has 29 heavy (non-hydrogen) atoms. The quantitative estimate of drug-likeness (QED) is 0.626. The van der Waals surface area contributed by atoms with Crippen LogP contribution in [0.25, 0.3) is 11.1 Å². The number of halogens is 3. The van der Waals surface area contributed by atoms with Gasteiger partial charge in [0.25, 0.3) is 5.91 Å². The highest BCUT2D eigenvalue weighted by atomic mass is 19.4. The maximum atomic E-state index is 13.3. The zero-order chi connectivity index (χ0) is 20.6. The van der Waals surface area contributed by atoms with E-state index in [0.29, 0.717) is 17.7 Å². The van der Waals surface area contributed by atoms with Gasteiger partial charge in [0.2, 0.25) is 0 Å². The molecule has 0 fully saturated rings. The van der Waals surface area contributed by atoms with E-state index < -0.39 is 17.6 Å². The van der Waals surface area contributed by atoms with Crippen molar-refractivity contribution >= 4 is 11.6 Å².